The Hall–Kier alpha value is -1.47. The highest BCUT2D eigenvalue weighted by atomic mass is 32.2. The molecule has 6 nitrogen and oxygen atoms in total. The van der Waals surface area contributed by atoms with Crippen LogP contribution < -0.4 is 14.2 Å². The summed E-state index contributed by atoms with van der Waals surface area (Å²) in [5, 5.41) is 8.74. The van der Waals surface area contributed by atoms with Gasteiger partial charge < -0.3 is 14.6 Å². The molecule has 19 heavy (non-hydrogen) atoms. The van der Waals surface area contributed by atoms with Crippen LogP contribution in [0.4, 0.5) is 5.69 Å². The van der Waals surface area contributed by atoms with E-state index in [1.54, 1.807) is 19.1 Å². The lowest BCUT2D eigenvalue weighted by molar-refractivity contribution is 0.196. The number of ether oxygens (including phenoxy) is 2. The normalized spacial score (nSPS) is 11.1. The van der Waals surface area contributed by atoms with Crippen LogP contribution >= 0.6 is 0 Å². The van der Waals surface area contributed by atoms with E-state index in [4.69, 9.17) is 14.6 Å². The third-order valence-corrected chi connectivity index (χ3v) is 3.75. The summed E-state index contributed by atoms with van der Waals surface area (Å²) in [7, 11) is -1.85. The van der Waals surface area contributed by atoms with Crippen molar-refractivity contribution in [3.8, 4) is 11.5 Å². The summed E-state index contributed by atoms with van der Waals surface area (Å²) in [5.41, 5.74) is 0.405. The van der Waals surface area contributed by atoms with Crippen molar-refractivity contribution in [2.24, 2.45) is 0 Å². The van der Waals surface area contributed by atoms with Gasteiger partial charge in [0.1, 0.15) is 6.61 Å². The maximum Gasteiger partial charge on any atom is 0.232 e. The van der Waals surface area contributed by atoms with Crippen LogP contribution in [0.15, 0.2) is 18.2 Å². The summed E-state index contributed by atoms with van der Waals surface area (Å²) in [4.78, 5) is 0. The molecule has 0 aromatic heterocycles. The van der Waals surface area contributed by atoms with Crippen molar-refractivity contribution in [2.75, 3.05) is 30.8 Å². The maximum atomic E-state index is 11.7. The summed E-state index contributed by atoms with van der Waals surface area (Å²) in [6.45, 7) is 1.78. The number of benzene rings is 1. The average molecular weight is 289 g/mol. The Kier molecular flexibility index (Phi) is 5.91. The van der Waals surface area contributed by atoms with Gasteiger partial charge in [-0.1, -0.05) is 6.92 Å². The molecule has 0 aliphatic carbocycles. The van der Waals surface area contributed by atoms with Crippen LogP contribution in [-0.2, 0) is 10.0 Å². The Labute approximate surface area is 113 Å². The molecule has 0 radical (unpaired) electrons. The summed E-state index contributed by atoms with van der Waals surface area (Å²) in [5.74, 6) is 0.923. The Morgan fingerprint density at radius 2 is 2.05 bits per heavy atom. The Morgan fingerprint density at radius 1 is 1.32 bits per heavy atom. The van der Waals surface area contributed by atoms with E-state index in [2.05, 4.69) is 4.72 Å². The zero-order valence-corrected chi connectivity index (χ0v) is 11.9. The Morgan fingerprint density at radius 3 is 2.63 bits per heavy atom. The molecule has 0 unspecified atom stereocenters. The van der Waals surface area contributed by atoms with Gasteiger partial charge in [0.2, 0.25) is 10.0 Å². The van der Waals surface area contributed by atoms with E-state index in [-0.39, 0.29) is 19.0 Å². The molecule has 0 amide bonds. The van der Waals surface area contributed by atoms with Gasteiger partial charge in [0, 0.05) is 6.07 Å². The van der Waals surface area contributed by atoms with E-state index < -0.39 is 10.0 Å². The van der Waals surface area contributed by atoms with Crippen LogP contribution in [0.3, 0.4) is 0 Å². The fourth-order valence-corrected chi connectivity index (χ4v) is 2.63. The first kappa shape index (κ1) is 15.6. The molecule has 0 saturated carbocycles. The number of sulfonamides is 1. The van der Waals surface area contributed by atoms with Crippen molar-refractivity contribution in [3.05, 3.63) is 18.2 Å². The monoisotopic (exact) mass is 289 g/mol. The lowest BCUT2D eigenvalue weighted by Gasteiger charge is -2.12. The number of hydrogen-bond donors (Lipinski definition) is 2. The third-order valence-electron chi connectivity index (χ3n) is 2.26. The van der Waals surface area contributed by atoms with Crippen LogP contribution in [0.1, 0.15) is 13.3 Å². The van der Waals surface area contributed by atoms with E-state index in [0.29, 0.717) is 23.6 Å². The number of rotatable bonds is 8. The Bertz CT molecular complexity index is 501. The molecule has 1 aromatic rings. The maximum absolute atomic E-state index is 11.7. The van der Waals surface area contributed by atoms with Crippen molar-refractivity contribution in [1.29, 1.82) is 0 Å². The van der Waals surface area contributed by atoms with Gasteiger partial charge in [0.25, 0.3) is 0 Å². The summed E-state index contributed by atoms with van der Waals surface area (Å²) in [6, 6.07) is 4.73. The predicted molar refractivity (Wildman–Crippen MR) is 73.3 cm³/mol. The molecule has 1 aromatic carbocycles. The first-order valence-electron chi connectivity index (χ1n) is 5.94. The molecule has 0 atom stereocenters. The van der Waals surface area contributed by atoms with Gasteiger partial charge >= 0.3 is 0 Å². The highest BCUT2D eigenvalue weighted by Gasteiger charge is 2.11. The number of aliphatic hydroxyl groups excluding tert-OH is 1. The molecule has 0 fully saturated rings. The number of methoxy groups -OCH3 is 1. The largest absolute Gasteiger partial charge is 0.493 e. The number of aliphatic hydroxyl groups is 1. The average Bonchev–Trinajstić information content (AvgIpc) is 2.36. The highest BCUT2D eigenvalue weighted by Crippen LogP contribution is 2.30. The first-order valence-corrected chi connectivity index (χ1v) is 7.59. The number of nitrogens with one attached hydrogen (secondary N) is 1. The van der Waals surface area contributed by atoms with Gasteiger partial charge in [-0.25, -0.2) is 8.42 Å². The molecular formula is C12H19NO5S. The minimum absolute atomic E-state index is 0.0614. The summed E-state index contributed by atoms with van der Waals surface area (Å²) >= 11 is 0. The van der Waals surface area contributed by atoms with Crippen molar-refractivity contribution >= 4 is 15.7 Å². The molecule has 0 saturated heterocycles. The van der Waals surface area contributed by atoms with Crippen molar-refractivity contribution in [2.45, 2.75) is 13.3 Å². The van der Waals surface area contributed by atoms with Crippen molar-refractivity contribution in [1.82, 2.24) is 0 Å². The van der Waals surface area contributed by atoms with Gasteiger partial charge in [0.15, 0.2) is 11.5 Å². The van der Waals surface area contributed by atoms with Crippen LogP contribution in [0.5, 0.6) is 11.5 Å². The Balaban J connectivity index is 2.91. The van der Waals surface area contributed by atoms with E-state index >= 15 is 0 Å². The SMILES string of the molecule is CCCS(=O)(=O)Nc1ccc(OC)c(OCCO)c1. The second-order valence-electron chi connectivity index (χ2n) is 3.86. The zero-order chi connectivity index (χ0) is 14.3. The first-order chi connectivity index (χ1) is 9.02. The molecule has 0 spiro atoms. The lowest BCUT2D eigenvalue weighted by Crippen LogP contribution is -2.16. The second-order valence-corrected chi connectivity index (χ2v) is 5.70. The second kappa shape index (κ2) is 7.20. The van der Waals surface area contributed by atoms with Gasteiger partial charge in [-0.05, 0) is 18.6 Å². The minimum atomic E-state index is -3.34. The van der Waals surface area contributed by atoms with Gasteiger partial charge in [-0.2, -0.15) is 0 Å². The molecule has 0 aliphatic rings. The smallest absolute Gasteiger partial charge is 0.232 e. The van der Waals surface area contributed by atoms with Gasteiger partial charge in [-0.15, -0.1) is 0 Å². The fraction of sp³-hybridized carbons (Fsp3) is 0.500. The van der Waals surface area contributed by atoms with E-state index in [9.17, 15) is 8.42 Å². The number of hydrogen-bond acceptors (Lipinski definition) is 5. The zero-order valence-electron chi connectivity index (χ0n) is 11.0. The summed E-state index contributed by atoms with van der Waals surface area (Å²) in [6.07, 6.45) is 0.541. The van der Waals surface area contributed by atoms with Crippen LogP contribution in [0.25, 0.3) is 0 Å². The van der Waals surface area contributed by atoms with Crippen LogP contribution in [-0.4, -0.2) is 39.6 Å². The molecule has 0 bridgehead atoms. The van der Waals surface area contributed by atoms with Crippen LogP contribution in [0.2, 0.25) is 0 Å². The molecule has 2 N–H and O–H groups in total. The molecule has 108 valence electrons. The van der Waals surface area contributed by atoms with Crippen molar-refractivity contribution < 1.29 is 23.0 Å². The number of anilines is 1. The van der Waals surface area contributed by atoms with Crippen LogP contribution in [0, 0.1) is 0 Å². The van der Waals surface area contributed by atoms with E-state index in [1.807, 2.05) is 0 Å². The highest BCUT2D eigenvalue weighted by molar-refractivity contribution is 7.92. The quantitative estimate of drug-likeness (QED) is 0.751. The summed E-state index contributed by atoms with van der Waals surface area (Å²) < 4.78 is 36.1. The van der Waals surface area contributed by atoms with E-state index in [1.165, 1.54) is 13.2 Å². The predicted octanol–water partition coefficient (Wildman–Crippen LogP) is 1.22. The molecule has 1 rings (SSSR count). The topological polar surface area (TPSA) is 84.9 Å². The lowest BCUT2D eigenvalue weighted by atomic mass is 10.3. The fourth-order valence-electron chi connectivity index (χ4n) is 1.51. The molecular weight excluding hydrogens is 270 g/mol. The van der Waals surface area contributed by atoms with Crippen molar-refractivity contribution in [3.63, 3.8) is 0 Å². The molecule has 0 heterocycles. The van der Waals surface area contributed by atoms with E-state index in [0.717, 1.165) is 0 Å². The van der Waals surface area contributed by atoms with Gasteiger partial charge in [0.05, 0.1) is 25.2 Å². The minimum Gasteiger partial charge on any atom is -0.493 e. The standard InChI is InChI=1S/C12H19NO5S/c1-3-8-19(15,16)13-10-4-5-11(17-2)12(9-10)18-7-6-14/h4-5,9,13-14H,3,6-8H2,1-2H3. The molecule has 0 aliphatic heterocycles. The third kappa shape index (κ3) is 4.96. The molecule has 7 heteroatoms. The van der Waals surface area contributed by atoms with Gasteiger partial charge in [-0.3, -0.25) is 4.72 Å².